The van der Waals surface area contributed by atoms with Crippen LogP contribution in [-0.4, -0.2) is 17.1 Å². The highest BCUT2D eigenvalue weighted by molar-refractivity contribution is 5.49. The number of ether oxygens (including phenoxy) is 1. The maximum Gasteiger partial charge on any atom is 0.426 e. The number of aromatic nitrogens is 2. The summed E-state index contributed by atoms with van der Waals surface area (Å²) in [6, 6.07) is 2.98. The molecular weight excluding hydrogens is 268 g/mol. The molecule has 0 unspecified atom stereocenters. The first-order valence-electron chi connectivity index (χ1n) is 5.08. The Morgan fingerprint density at radius 1 is 1.21 bits per heavy atom. The summed E-state index contributed by atoms with van der Waals surface area (Å²) < 4.78 is 60.9. The lowest BCUT2D eigenvalue weighted by molar-refractivity contribution is -0.142. The molecule has 0 aromatic carbocycles. The van der Waals surface area contributed by atoms with E-state index < -0.39 is 23.6 Å². The van der Waals surface area contributed by atoms with Gasteiger partial charge in [0.25, 0.3) is 0 Å². The fraction of sp³-hybridized carbons (Fsp3) is 0.273. The molecule has 2 rings (SSSR count). The number of rotatable bonds is 2. The maximum absolute atomic E-state index is 13.5. The van der Waals surface area contributed by atoms with Gasteiger partial charge in [0.05, 0.1) is 7.11 Å². The van der Waals surface area contributed by atoms with E-state index in [0.29, 0.717) is 5.76 Å². The summed E-state index contributed by atoms with van der Waals surface area (Å²) in [4.78, 5) is 6.68. The van der Waals surface area contributed by atoms with Gasteiger partial charge in [0, 0.05) is 0 Å². The molecule has 8 heteroatoms. The molecule has 4 nitrogen and oxygen atoms in total. The zero-order valence-electron chi connectivity index (χ0n) is 9.88. The number of halogens is 4. The van der Waals surface area contributed by atoms with Crippen LogP contribution in [0.3, 0.4) is 0 Å². The minimum absolute atomic E-state index is 0.0587. The van der Waals surface area contributed by atoms with E-state index in [-0.39, 0.29) is 11.6 Å². The van der Waals surface area contributed by atoms with Gasteiger partial charge in [-0.1, -0.05) is 0 Å². The normalized spacial score (nSPS) is 11.7. The highest BCUT2D eigenvalue weighted by Crippen LogP contribution is 2.37. The Labute approximate surface area is 105 Å². The lowest BCUT2D eigenvalue weighted by Gasteiger charge is -2.11. The summed E-state index contributed by atoms with van der Waals surface area (Å²) in [5.74, 6) is -2.34. The van der Waals surface area contributed by atoms with Crippen molar-refractivity contribution in [3.05, 3.63) is 29.4 Å². The summed E-state index contributed by atoms with van der Waals surface area (Å²) in [6.07, 6.45) is -4.94. The van der Waals surface area contributed by atoms with E-state index >= 15 is 0 Å². The third-order valence-corrected chi connectivity index (χ3v) is 2.27. The summed E-state index contributed by atoms with van der Waals surface area (Å²) in [7, 11) is 0.966. The lowest BCUT2D eigenvalue weighted by atomic mass is 10.3. The second kappa shape index (κ2) is 4.52. The molecule has 19 heavy (non-hydrogen) atoms. The van der Waals surface area contributed by atoms with Crippen LogP contribution in [0.5, 0.6) is 5.88 Å². The van der Waals surface area contributed by atoms with Crippen LogP contribution < -0.4 is 4.74 Å². The van der Waals surface area contributed by atoms with Crippen molar-refractivity contribution in [3.8, 4) is 17.5 Å². The largest absolute Gasteiger partial charge is 0.480 e. The number of hydrogen-bond acceptors (Lipinski definition) is 4. The highest BCUT2D eigenvalue weighted by atomic mass is 19.4. The summed E-state index contributed by atoms with van der Waals surface area (Å²) in [5.41, 5.74) is -1.64. The summed E-state index contributed by atoms with van der Waals surface area (Å²) in [6.45, 7) is 1.63. The molecular formula is C11H8F4N2O2. The Morgan fingerprint density at radius 2 is 1.89 bits per heavy atom. The summed E-state index contributed by atoms with van der Waals surface area (Å²) >= 11 is 0. The quantitative estimate of drug-likeness (QED) is 0.624. The molecule has 0 aliphatic rings. The maximum atomic E-state index is 13.5. The van der Waals surface area contributed by atoms with Gasteiger partial charge in [-0.05, 0) is 19.1 Å². The van der Waals surface area contributed by atoms with Gasteiger partial charge in [0.2, 0.25) is 17.7 Å². The van der Waals surface area contributed by atoms with Gasteiger partial charge >= 0.3 is 6.18 Å². The van der Waals surface area contributed by atoms with Crippen molar-refractivity contribution in [2.75, 3.05) is 7.11 Å². The van der Waals surface area contributed by atoms with Crippen molar-refractivity contribution in [2.45, 2.75) is 13.1 Å². The van der Waals surface area contributed by atoms with Crippen LogP contribution in [0, 0.1) is 12.9 Å². The van der Waals surface area contributed by atoms with Crippen molar-refractivity contribution in [1.82, 2.24) is 9.97 Å². The third-order valence-electron chi connectivity index (χ3n) is 2.27. The molecule has 0 spiro atoms. The topological polar surface area (TPSA) is 48.2 Å². The number of nitrogens with zero attached hydrogens (tertiary/aromatic N) is 2. The van der Waals surface area contributed by atoms with Crippen molar-refractivity contribution >= 4 is 0 Å². The fourth-order valence-electron chi connectivity index (χ4n) is 1.47. The van der Waals surface area contributed by atoms with Crippen LogP contribution in [0.25, 0.3) is 11.6 Å². The van der Waals surface area contributed by atoms with E-state index in [9.17, 15) is 17.6 Å². The predicted octanol–water partition coefficient (Wildman–Crippen LogP) is 3.21. The van der Waals surface area contributed by atoms with Gasteiger partial charge in [-0.2, -0.15) is 27.5 Å². The highest BCUT2D eigenvalue weighted by Gasteiger charge is 2.40. The fourth-order valence-corrected chi connectivity index (χ4v) is 1.47. The van der Waals surface area contributed by atoms with Gasteiger partial charge in [-0.15, -0.1) is 0 Å². The molecule has 0 aliphatic carbocycles. The minimum Gasteiger partial charge on any atom is -0.480 e. The molecule has 0 N–H and O–H groups in total. The zero-order chi connectivity index (χ0) is 14.2. The molecule has 0 amide bonds. The van der Waals surface area contributed by atoms with E-state index in [1.807, 2.05) is 0 Å². The Kier molecular flexibility index (Phi) is 3.17. The van der Waals surface area contributed by atoms with Crippen LogP contribution in [0.2, 0.25) is 0 Å². The monoisotopic (exact) mass is 276 g/mol. The van der Waals surface area contributed by atoms with Crippen LogP contribution >= 0.6 is 0 Å². The molecule has 0 atom stereocenters. The molecule has 2 aromatic rings. The molecule has 0 saturated carbocycles. The molecule has 0 saturated heterocycles. The van der Waals surface area contributed by atoms with Crippen molar-refractivity contribution in [3.63, 3.8) is 0 Å². The first-order valence-corrected chi connectivity index (χ1v) is 5.08. The van der Waals surface area contributed by atoms with E-state index in [1.54, 1.807) is 13.0 Å². The van der Waals surface area contributed by atoms with Gasteiger partial charge in [0.15, 0.2) is 11.3 Å². The Balaban J connectivity index is 2.60. The van der Waals surface area contributed by atoms with Gasteiger partial charge in [0.1, 0.15) is 5.76 Å². The van der Waals surface area contributed by atoms with Crippen molar-refractivity contribution < 1.29 is 26.7 Å². The van der Waals surface area contributed by atoms with Gasteiger partial charge < -0.3 is 9.15 Å². The first kappa shape index (κ1) is 13.3. The molecule has 0 bridgehead atoms. The SMILES string of the molecule is COc1nc(-c2ccc(C)o2)nc(F)c1C(F)(F)F. The lowest BCUT2D eigenvalue weighted by Crippen LogP contribution is -2.14. The van der Waals surface area contributed by atoms with E-state index in [0.717, 1.165) is 7.11 Å². The van der Waals surface area contributed by atoms with Gasteiger partial charge in [-0.3, -0.25) is 0 Å². The number of aryl methyl sites for hydroxylation is 1. The minimum atomic E-state index is -4.94. The van der Waals surface area contributed by atoms with Crippen LogP contribution in [0.15, 0.2) is 16.5 Å². The Hall–Kier alpha value is -2.12. The third kappa shape index (κ3) is 2.51. The zero-order valence-corrected chi connectivity index (χ0v) is 9.88. The summed E-state index contributed by atoms with van der Waals surface area (Å²) in [5, 5.41) is 0. The number of alkyl halides is 3. The second-order valence-corrected chi connectivity index (χ2v) is 3.63. The van der Waals surface area contributed by atoms with E-state index in [1.165, 1.54) is 6.07 Å². The van der Waals surface area contributed by atoms with Crippen LogP contribution in [-0.2, 0) is 6.18 Å². The molecule has 102 valence electrons. The van der Waals surface area contributed by atoms with Crippen molar-refractivity contribution in [1.29, 1.82) is 0 Å². The molecule has 0 radical (unpaired) electrons. The van der Waals surface area contributed by atoms with Crippen molar-refractivity contribution in [2.24, 2.45) is 0 Å². The number of hydrogen-bond donors (Lipinski definition) is 0. The van der Waals surface area contributed by atoms with Crippen LogP contribution in [0.4, 0.5) is 17.6 Å². The van der Waals surface area contributed by atoms with E-state index in [4.69, 9.17) is 4.42 Å². The molecule has 0 fully saturated rings. The van der Waals surface area contributed by atoms with E-state index in [2.05, 4.69) is 14.7 Å². The average molecular weight is 276 g/mol. The smallest absolute Gasteiger partial charge is 0.426 e. The average Bonchev–Trinajstić information content (AvgIpc) is 2.73. The number of methoxy groups -OCH3 is 1. The first-order chi connectivity index (χ1) is 8.82. The Morgan fingerprint density at radius 3 is 2.37 bits per heavy atom. The van der Waals surface area contributed by atoms with Crippen LogP contribution in [0.1, 0.15) is 11.3 Å². The van der Waals surface area contributed by atoms with Gasteiger partial charge in [-0.25, -0.2) is 0 Å². The molecule has 2 heterocycles. The Bertz CT molecular complexity index is 607. The predicted molar refractivity (Wildman–Crippen MR) is 56.0 cm³/mol. The standard InChI is InChI=1S/C11H8F4N2O2/c1-5-3-4-6(19-5)9-16-8(12)7(11(13,14)15)10(17-9)18-2/h3-4H,1-2H3. The molecule has 0 aliphatic heterocycles. The number of furan rings is 1. The second-order valence-electron chi connectivity index (χ2n) is 3.63. The molecule has 2 aromatic heterocycles.